The SMILES string of the molecule is CC(=O)[C@@H]1CC(=O)N([C@H](C)c2ccccc2)C1.COCC(=O)[C@@H]1CC(=O)N([C@H](C)c2ccccc2)C1.[Br-].[CH3-].[Mg+2]. The van der Waals surface area contributed by atoms with Gasteiger partial charge in [0.2, 0.25) is 11.8 Å². The van der Waals surface area contributed by atoms with E-state index in [0.717, 1.165) is 11.1 Å². The van der Waals surface area contributed by atoms with Crippen LogP contribution in [-0.2, 0) is 23.9 Å². The Morgan fingerprint density at radius 1 is 0.821 bits per heavy atom. The summed E-state index contributed by atoms with van der Waals surface area (Å²) in [6.07, 6.45) is 0.672. The van der Waals surface area contributed by atoms with Crippen LogP contribution in [0.2, 0.25) is 0 Å². The first-order valence-electron chi connectivity index (χ1n) is 12.4. The van der Waals surface area contributed by atoms with Gasteiger partial charge in [-0.15, -0.1) is 0 Å². The van der Waals surface area contributed by atoms with Crippen LogP contribution in [0.3, 0.4) is 0 Å². The smallest absolute Gasteiger partial charge is 1.00 e. The summed E-state index contributed by atoms with van der Waals surface area (Å²) in [6.45, 7) is 6.72. The third kappa shape index (κ3) is 9.81. The minimum Gasteiger partial charge on any atom is -1.00 e. The van der Waals surface area contributed by atoms with Crippen LogP contribution in [0.1, 0.15) is 56.8 Å². The number of methoxy groups -OCH3 is 1. The van der Waals surface area contributed by atoms with Gasteiger partial charge in [0.05, 0.1) is 12.1 Å². The molecule has 0 aliphatic carbocycles. The second kappa shape index (κ2) is 17.6. The Hall–Kier alpha value is -2.07. The van der Waals surface area contributed by atoms with E-state index in [4.69, 9.17) is 4.74 Å². The summed E-state index contributed by atoms with van der Waals surface area (Å²) in [7, 11) is 1.50. The number of rotatable bonds is 8. The van der Waals surface area contributed by atoms with Crippen LogP contribution in [0.25, 0.3) is 0 Å². The van der Waals surface area contributed by atoms with Gasteiger partial charge in [-0.05, 0) is 31.9 Å². The maximum absolute atomic E-state index is 12.0. The summed E-state index contributed by atoms with van der Waals surface area (Å²) in [5, 5.41) is 0. The number of carbonyl (C=O) groups excluding carboxylic acids is 4. The molecule has 0 radical (unpaired) electrons. The Balaban J connectivity index is 0.000000691. The molecular formula is C30H39BrMgN2O5. The summed E-state index contributed by atoms with van der Waals surface area (Å²) in [5.41, 5.74) is 2.21. The number of ketones is 2. The van der Waals surface area contributed by atoms with Crippen LogP contribution in [0.4, 0.5) is 0 Å². The average Bonchev–Trinajstić information content (AvgIpc) is 3.47. The Morgan fingerprint density at radius 2 is 1.21 bits per heavy atom. The van der Waals surface area contributed by atoms with Crippen molar-refractivity contribution in [3.8, 4) is 0 Å². The standard InChI is InChI=1S/C15H19NO3.C14H17NO2.CH3.BrH.Mg/c1-11(12-6-4-3-5-7-12)16-9-13(8-15(16)18)14(17)10-19-2;1-10(12-6-4-3-5-7-12)15-9-13(11(2)16)8-14(15)17;;;/h3-7,11,13H,8-10H2,1-2H3;3-7,10,13H,8-9H2,1-2H3;1H3;1H;/q;;-1;;+2/p-1/t11-,13-;10-,13-;;;/m11.../s1. The van der Waals surface area contributed by atoms with Gasteiger partial charge in [-0.25, -0.2) is 0 Å². The van der Waals surface area contributed by atoms with Crippen molar-refractivity contribution in [1.29, 1.82) is 0 Å². The number of hydrogen-bond donors (Lipinski definition) is 0. The van der Waals surface area contributed by atoms with E-state index in [-0.39, 0.29) is 101 Å². The molecule has 9 heteroatoms. The molecule has 0 bridgehead atoms. The maximum Gasteiger partial charge on any atom is 2.00 e. The number of likely N-dealkylation sites (tertiary alicyclic amines) is 2. The van der Waals surface area contributed by atoms with E-state index in [1.165, 1.54) is 7.11 Å². The van der Waals surface area contributed by atoms with Crippen LogP contribution in [0.5, 0.6) is 0 Å². The molecule has 0 aromatic heterocycles. The van der Waals surface area contributed by atoms with Crippen LogP contribution in [-0.4, -0.2) is 83.0 Å². The number of nitrogens with zero attached hydrogens (tertiary/aromatic N) is 2. The third-order valence-electron chi connectivity index (χ3n) is 7.13. The molecule has 2 aliphatic heterocycles. The van der Waals surface area contributed by atoms with Gasteiger partial charge >= 0.3 is 23.1 Å². The number of Topliss-reactive ketones (excluding diaryl/α,β-unsaturated/α-hetero) is 2. The zero-order valence-corrected chi connectivity index (χ0v) is 26.6. The Labute approximate surface area is 259 Å². The van der Waals surface area contributed by atoms with Gasteiger partial charge in [-0.3, -0.25) is 19.2 Å². The number of hydrogen-bond acceptors (Lipinski definition) is 5. The van der Waals surface area contributed by atoms with Gasteiger partial charge in [-0.2, -0.15) is 0 Å². The Bertz CT molecular complexity index is 1070. The zero-order valence-electron chi connectivity index (χ0n) is 23.6. The molecule has 2 aromatic carbocycles. The molecule has 39 heavy (non-hydrogen) atoms. The molecule has 0 spiro atoms. The molecule has 208 valence electrons. The molecular weight excluding hydrogens is 573 g/mol. The van der Waals surface area contributed by atoms with E-state index >= 15 is 0 Å². The second-order valence-electron chi connectivity index (χ2n) is 9.58. The van der Waals surface area contributed by atoms with Gasteiger partial charge in [0.15, 0.2) is 5.78 Å². The molecule has 0 unspecified atom stereocenters. The number of ether oxygens (including phenoxy) is 1. The van der Waals surface area contributed by atoms with Crippen molar-refractivity contribution < 1.29 is 40.9 Å². The summed E-state index contributed by atoms with van der Waals surface area (Å²) in [6, 6.07) is 19.8. The molecule has 2 aliphatic rings. The first kappa shape index (κ1) is 36.9. The minimum atomic E-state index is -0.224. The van der Waals surface area contributed by atoms with E-state index in [0.29, 0.717) is 25.9 Å². The Kier molecular flexibility index (Phi) is 16.6. The van der Waals surface area contributed by atoms with Crippen molar-refractivity contribution in [2.24, 2.45) is 11.8 Å². The first-order chi connectivity index (χ1) is 17.2. The number of halogens is 1. The molecule has 2 fully saturated rings. The summed E-state index contributed by atoms with van der Waals surface area (Å²) < 4.78 is 4.85. The molecule has 0 saturated carbocycles. The number of carbonyl (C=O) groups is 4. The van der Waals surface area contributed by atoms with Gasteiger partial charge in [0.1, 0.15) is 12.4 Å². The average molecular weight is 612 g/mol. The first-order valence-corrected chi connectivity index (χ1v) is 12.4. The van der Waals surface area contributed by atoms with Crippen LogP contribution in [0.15, 0.2) is 60.7 Å². The van der Waals surface area contributed by atoms with E-state index in [1.54, 1.807) is 16.7 Å². The summed E-state index contributed by atoms with van der Waals surface area (Å²) in [5.74, 6) is -0.0839. The van der Waals surface area contributed by atoms with Crippen molar-refractivity contribution in [3.63, 3.8) is 0 Å². The molecule has 7 nitrogen and oxygen atoms in total. The fourth-order valence-electron chi connectivity index (χ4n) is 4.78. The predicted octanol–water partition coefficient (Wildman–Crippen LogP) is 1.07. The monoisotopic (exact) mass is 610 g/mol. The number of benzene rings is 2. The topological polar surface area (TPSA) is 84.0 Å². The van der Waals surface area contributed by atoms with E-state index in [9.17, 15) is 19.2 Å². The summed E-state index contributed by atoms with van der Waals surface area (Å²) >= 11 is 0. The van der Waals surface area contributed by atoms with Crippen molar-refractivity contribution in [1.82, 2.24) is 9.80 Å². The molecule has 2 amide bonds. The minimum absolute atomic E-state index is 0. The van der Waals surface area contributed by atoms with Gasteiger partial charge in [0, 0.05) is 44.9 Å². The van der Waals surface area contributed by atoms with E-state index in [1.807, 2.05) is 74.5 Å². The van der Waals surface area contributed by atoms with Crippen LogP contribution in [0, 0.1) is 19.3 Å². The molecule has 4 atom stereocenters. The molecule has 2 aromatic rings. The zero-order chi connectivity index (χ0) is 26.2. The quantitative estimate of drug-likeness (QED) is 0.330. The molecule has 2 saturated heterocycles. The predicted molar refractivity (Wildman–Crippen MR) is 149 cm³/mol. The largest absolute Gasteiger partial charge is 2.00 e. The van der Waals surface area contributed by atoms with Gasteiger partial charge in [0.25, 0.3) is 0 Å². The fourth-order valence-corrected chi connectivity index (χ4v) is 4.78. The van der Waals surface area contributed by atoms with Crippen LogP contribution < -0.4 is 17.0 Å². The Morgan fingerprint density at radius 3 is 1.56 bits per heavy atom. The van der Waals surface area contributed by atoms with Gasteiger partial charge in [-0.1, -0.05) is 60.7 Å². The third-order valence-corrected chi connectivity index (χ3v) is 7.13. The second-order valence-corrected chi connectivity index (χ2v) is 9.58. The van der Waals surface area contributed by atoms with Crippen molar-refractivity contribution >= 4 is 46.4 Å². The van der Waals surface area contributed by atoms with Crippen molar-refractivity contribution in [2.75, 3.05) is 26.8 Å². The number of amides is 2. The summed E-state index contributed by atoms with van der Waals surface area (Å²) in [4.78, 5) is 50.6. The molecule has 4 rings (SSSR count). The fraction of sp³-hybridized carbons (Fsp3) is 0.433. The molecule has 0 N–H and O–H groups in total. The molecule has 2 heterocycles. The van der Waals surface area contributed by atoms with E-state index in [2.05, 4.69) is 0 Å². The van der Waals surface area contributed by atoms with Gasteiger partial charge < -0.3 is 38.9 Å². The van der Waals surface area contributed by atoms with Crippen molar-refractivity contribution in [3.05, 3.63) is 79.2 Å². The maximum atomic E-state index is 12.0. The van der Waals surface area contributed by atoms with E-state index < -0.39 is 0 Å². The van der Waals surface area contributed by atoms with Crippen LogP contribution >= 0.6 is 0 Å². The normalized spacial score (nSPS) is 19.5. The van der Waals surface area contributed by atoms with Crippen molar-refractivity contribution in [2.45, 2.75) is 45.7 Å².